The quantitative estimate of drug-likeness (QED) is 0.849. The molecule has 2 heterocycles. The lowest BCUT2D eigenvalue weighted by Crippen LogP contribution is -2.46. The van der Waals surface area contributed by atoms with Gasteiger partial charge in [-0.1, -0.05) is 13.8 Å². The Balaban J connectivity index is 1.68. The zero-order chi connectivity index (χ0) is 12.8. The predicted molar refractivity (Wildman–Crippen MR) is 75.1 cm³/mol. The Kier molecular flexibility index (Phi) is 5.56. The van der Waals surface area contributed by atoms with E-state index in [0.717, 1.165) is 51.4 Å². The summed E-state index contributed by atoms with van der Waals surface area (Å²) in [4.78, 5) is 6.99. The van der Waals surface area contributed by atoms with E-state index in [0.29, 0.717) is 6.10 Å². The Morgan fingerprint density at radius 1 is 1.56 bits per heavy atom. The fourth-order valence-electron chi connectivity index (χ4n) is 2.14. The molecule has 1 unspecified atom stereocenters. The molecule has 1 N–H and O–H groups in total. The van der Waals surface area contributed by atoms with Crippen LogP contribution in [0.2, 0.25) is 0 Å². The smallest absolute Gasteiger partial charge is 0.0926 e. The van der Waals surface area contributed by atoms with E-state index in [1.165, 1.54) is 5.01 Å². The van der Waals surface area contributed by atoms with E-state index >= 15 is 0 Å². The normalized spacial score (nSPS) is 21.3. The highest BCUT2D eigenvalue weighted by atomic mass is 32.1. The summed E-state index contributed by atoms with van der Waals surface area (Å²) in [6.07, 6.45) is 1.35. The number of nitrogens with zero attached hydrogens (tertiary/aromatic N) is 2. The minimum Gasteiger partial charge on any atom is -0.374 e. The van der Waals surface area contributed by atoms with Gasteiger partial charge in [-0.05, 0) is 13.0 Å². The Hall–Kier alpha value is -0.490. The second-order valence-electron chi connectivity index (χ2n) is 4.60. The van der Waals surface area contributed by atoms with E-state index < -0.39 is 0 Å². The Morgan fingerprint density at radius 3 is 3.17 bits per heavy atom. The number of morpholine rings is 1. The highest BCUT2D eigenvalue weighted by Gasteiger charge is 2.18. The average Bonchev–Trinajstić information content (AvgIpc) is 2.87. The standard InChI is InChI=1S/C13H23N3OS/c1-3-13-15-11(10-18-13)7-14-8-12-9-16(4-2)5-6-17-12/h10,12,14H,3-9H2,1-2H3. The molecule has 0 radical (unpaired) electrons. The van der Waals surface area contributed by atoms with Crippen LogP contribution in [0.4, 0.5) is 0 Å². The van der Waals surface area contributed by atoms with Crippen molar-refractivity contribution in [2.45, 2.75) is 32.9 Å². The van der Waals surface area contributed by atoms with Crippen molar-refractivity contribution in [1.82, 2.24) is 15.2 Å². The van der Waals surface area contributed by atoms with Crippen LogP contribution < -0.4 is 5.32 Å². The van der Waals surface area contributed by atoms with E-state index in [2.05, 4.69) is 34.4 Å². The van der Waals surface area contributed by atoms with Gasteiger partial charge in [-0.15, -0.1) is 11.3 Å². The van der Waals surface area contributed by atoms with Crippen molar-refractivity contribution in [2.24, 2.45) is 0 Å². The van der Waals surface area contributed by atoms with Crippen LogP contribution in [0.25, 0.3) is 0 Å². The molecule has 1 aromatic rings. The number of aryl methyl sites for hydroxylation is 1. The molecule has 1 aliphatic rings. The van der Waals surface area contributed by atoms with Crippen molar-refractivity contribution >= 4 is 11.3 Å². The van der Waals surface area contributed by atoms with Crippen LogP contribution in [-0.4, -0.2) is 48.8 Å². The van der Waals surface area contributed by atoms with Crippen molar-refractivity contribution in [3.05, 3.63) is 16.1 Å². The Morgan fingerprint density at radius 2 is 2.44 bits per heavy atom. The first-order chi connectivity index (χ1) is 8.81. The van der Waals surface area contributed by atoms with Crippen molar-refractivity contribution in [1.29, 1.82) is 0 Å². The minimum absolute atomic E-state index is 0.322. The maximum Gasteiger partial charge on any atom is 0.0926 e. The van der Waals surface area contributed by atoms with Crippen LogP contribution in [0.15, 0.2) is 5.38 Å². The van der Waals surface area contributed by atoms with Gasteiger partial charge in [-0.2, -0.15) is 0 Å². The molecular weight excluding hydrogens is 246 g/mol. The van der Waals surface area contributed by atoms with Crippen molar-refractivity contribution < 1.29 is 4.74 Å². The Bertz CT molecular complexity index is 356. The number of aromatic nitrogens is 1. The van der Waals surface area contributed by atoms with Gasteiger partial charge in [0.15, 0.2) is 0 Å². The van der Waals surface area contributed by atoms with Gasteiger partial charge in [-0.3, -0.25) is 4.90 Å². The van der Waals surface area contributed by atoms with Crippen LogP contribution in [-0.2, 0) is 17.7 Å². The lowest BCUT2D eigenvalue weighted by Gasteiger charge is -2.32. The third-order valence-electron chi connectivity index (χ3n) is 3.25. The van der Waals surface area contributed by atoms with Crippen LogP contribution in [0.3, 0.4) is 0 Å². The first-order valence-corrected chi connectivity index (χ1v) is 7.67. The SMILES string of the molecule is CCc1nc(CNCC2CN(CC)CCO2)cs1. The zero-order valence-corrected chi connectivity index (χ0v) is 12.1. The second kappa shape index (κ2) is 7.19. The fraction of sp³-hybridized carbons (Fsp3) is 0.769. The molecule has 2 rings (SSSR count). The lowest BCUT2D eigenvalue weighted by atomic mass is 10.2. The van der Waals surface area contributed by atoms with Crippen LogP contribution >= 0.6 is 11.3 Å². The highest BCUT2D eigenvalue weighted by Crippen LogP contribution is 2.10. The summed E-state index contributed by atoms with van der Waals surface area (Å²) in [6, 6.07) is 0. The molecule has 0 bridgehead atoms. The molecule has 0 aliphatic carbocycles. The zero-order valence-electron chi connectivity index (χ0n) is 11.3. The van der Waals surface area contributed by atoms with Gasteiger partial charge in [0.1, 0.15) is 0 Å². The molecule has 18 heavy (non-hydrogen) atoms. The van der Waals surface area contributed by atoms with Crippen molar-refractivity contribution in [3.8, 4) is 0 Å². The van der Waals surface area contributed by atoms with Gasteiger partial charge in [0, 0.05) is 31.6 Å². The molecule has 1 aromatic heterocycles. The Labute approximate surface area is 113 Å². The molecular formula is C13H23N3OS. The number of hydrogen-bond acceptors (Lipinski definition) is 5. The highest BCUT2D eigenvalue weighted by molar-refractivity contribution is 7.09. The van der Waals surface area contributed by atoms with Gasteiger partial charge in [-0.25, -0.2) is 4.98 Å². The molecule has 1 aliphatic heterocycles. The van der Waals surface area contributed by atoms with E-state index in [9.17, 15) is 0 Å². The van der Waals surface area contributed by atoms with Gasteiger partial charge < -0.3 is 10.1 Å². The van der Waals surface area contributed by atoms with E-state index in [-0.39, 0.29) is 0 Å². The minimum atomic E-state index is 0.322. The topological polar surface area (TPSA) is 37.4 Å². The maximum absolute atomic E-state index is 5.75. The third-order valence-corrected chi connectivity index (χ3v) is 4.29. The molecule has 0 aromatic carbocycles. The van der Waals surface area contributed by atoms with Crippen LogP contribution in [0.1, 0.15) is 24.5 Å². The number of rotatable bonds is 6. The van der Waals surface area contributed by atoms with Crippen LogP contribution in [0, 0.1) is 0 Å². The summed E-state index contributed by atoms with van der Waals surface area (Å²) in [6.45, 7) is 10.2. The first kappa shape index (κ1) is 13.9. The summed E-state index contributed by atoms with van der Waals surface area (Å²) in [7, 11) is 0. The van der Waals surface area contributed by atoms with Gasteiger partial charge in [0.25, 0.3) is 0 Å². The van der Waals surface area contributed by atoms with Gasteiger partial charge in [0.05, 0.1) is 23.4 Å². The maximum atomic E-state index is 5.75. The number of thiazole rings is 1. The molecule has 1 saturated heterocycles. The summed E-state index contributed by atoms with van der Waals surface area (Å²) >= 11 is 1.75. The molecule has 1 atom stereocenters. The third kappa shape index (κ3) is 4.02. The summed E-state index contributed by atoms with van der Waals surface area (Å²) < 4.78 is 5.75. The van der Waals surface area contributed by atoms with E-state index in [4.69, 9.17) is 4.74 Å². The van der Waals surface area contributed by atoms with E-state index in [1.54, 1.807) is 11.3 Å². The van der Waals surface area contributed by atoms with Crippen molar-refractivity contribution in [2.75, 3.05) is 32.8 Å². The summed E-state index contributed by atoms with van der Waals surface area (Å²) in [5.41, 5.74) is 1.15. The molecule has 1 fully saturated rings. The number of likely N-dealkylation sites (N-methyl/N-ethyl adjacent to an activating group) is 1. The molecule has 0 spiro atoms. The number of nitrogens with one attached hydrogen (secondary N) is 1. The first-order valence-electron chi connectivity index (χ1n) is 6.79. The van der Waals surface area contributed by atoms with E-state index in [1.807, 2.05) is 0 Å². The number of hydrogen-bond donors (Lipinski definition) is 1. The largest absolute Gasteiger partial charge is 0.374 e. The number of ether oxygens (including phenoxy) is 1. The van der Waals surface area contributed by atoms with Gasteiger partial charge >= 0.3 is 0 Å². The summed E-state index contributed by atoms with van der Waals surface area (Å²) in [5.74, 6) is 0. The van der Waals surface area contributed by atoms with Crippen LogP contribution in [0.5, 0.6) is 0 Å². The second-order valence-corrected chi connectivity index (χ2v) is 5.55. The lowest BCUT2D eigenvalue weighted by molar-refractivity contribution is -0.0254. The predicted octanol–water partition coefficient (Wildman–Crippen LogP) is 1.52. The monoisotopic (exact) mass is 269 g/mol. The molecule has 102 valence electrons. The molecule has 4 nitrogen and oxygen atoms in total. The summed E-state index contributed by atoms with van der Waals surface area (Å²) in [5, 5.41) is 6.81. The van der Waals surface area contributed by atoms with Gasteiger partial charge in [0.2, 0.25) is 0 Å². The molecule has 0 saturated carbocycles. The molecule has 0 amide bonds. The fourth-order valence-corrected chi connectivity index (χ4v) is 2.89. The molecule has 5 heteroatoms. The average molecular weight is 269 g/mol. The van der Waals surface area contributed by atoms with Crippen molar-refractivity contribution in [3.63, 3.8) is 0 Å².